The summed E-state index contributed by atoms with van der Waals surface area (Å²) in [5.74, 6) is 1.75. The van der Waals surface area contributed by atoms with Crippen LogP contribution in [0.2, 0.25) is 0 Å². The van der Waals surface area contributed by atoms with Crippen molar-refractivity contribution in [2.24, 2.45) is 5.41 Å². The summed E-state index contributed by atoms with van der Waals surface area (Å²) >= 11 is 0. The average molecular weight is 279 g/mol. The first kappa shape index (κ1) is 16.6. The molecule has 1 saturated carbocycles. The maximum Gasteiger partial charge on any atom is 0.303 e. The standard InChI is InChI=1S/C16H25NO3/c1-2-3-4-8-11-17-14(18)12-16(13-15(19)20)9-6-5-7-10-16/h1H,3-13H2,(H,17,18)(H,19,20). The SMILES string of the molecule is C#CCCCCNC(=O)CC1(CC(=O)O)CCCCC1. The van der Waals surface area contributed by atoms with Crippen LogP contribution in [0, 0.1) is 17.8 Å². The number of amides is 1. The smallest absolute Gasteiger partial charge is 0.303 e. The van der Waals surface area contributed by atoms with Gasteiger partial charge in [-0.2, -0.15) is 0 Å². The molecule has 0 bridgehead atoms. The van der Waals surface area contributed by atoms with Crippen LogP contribution >= 0.6 is 0 Å². The molecule has 0 aliphatic heterocycles. The fourth-order valence-corrected chi connectivity index (χ4v) is 3.02. The first-order chi connectivity index (χ1) is 9.58. The van der Waals surface area contributed by atoms with Gasteiger partial charge in [0.25, 0.3) is 0 Å². The third-order valence-corrected chi connectivity index (χ3v) is 4.05. The lowest BCUT2D eigenvalue weighted by Gasteiger charge is -2.35. The van der Waals surface area contributed by atoms with Gasteiger partial charge >= 0.3 is 5.97 Å². The highest BCUT2D eigenvalue weighted by Gasteiger charge is 2.36. The van der Waals surface area contributed by atoms with E-state index in [9.17, 15) is 9.59 Å². The molecule has 0 aromatic carbocycles. The van der Waals surface area contributed by atoms with Gasteiger partial charge in [0, 0.05) is 19.4 Å². The Labute approximate surface area is 121 Å². The summed E-state index contributed by atoms with van der Waals surface area (Å²) in [5, 5.41) is 12.0. The lowest BCUT2D eigenvalue weighted by molar-refractivity contribution is -0.141. The van der Waals surface area contributed by atoms with Gasteiger partial charge < -0.3 is 10.4 Å². The highest BCUT2D eigenvalue weighted by Crippen LogP contribution is 2.42. The lowest BCUT2D eigenvalue weighted by Crippen LogP contribution is -2.35. The van der Waals surface area contributed by atoms with Crippen molar-refractivity contribution in [3.63, 3.8) is 0 Å². The molecular formula is C16H25NO3. The van der Waals surface area contributed by atoms with E-state index in [-0.39, 0.29) is 17.7 Å². The Balaban J connectivity index is 2.38. The second kappa shape index (κ2) is 8.63. The number of terminal acetylenes is 1. The van der Waals surface area contributed by atoms with Crippen LogP contribution in [0.5, 0.6) is 0 Å². The Hall–Kier alpha value is -1.50. The first-order valence-electron chi connectivity index (χ1n) is 7.50. The van der Waals surface area contributed by atoms with Crippen molar-refractivity contribution in [2.45, 2.75) is 64.2 Å². The van der Waals surface area contributed by atoms with Gasteiger partial charge in [-0.15, -0.1) is 12.3 Å². The molecule has 2 N–H and O–H groups in total. The molecule has 0 aromatic rings. The number of rotatable bonds is 8. The number of carbonyl (C=O) groups excluding carboxylic acids is 1. The van der Waals surface area contributed by atoms with E-state index in [1.807, 2.05) is 0 Å². The number of aliphatic carboxylic acids is 1. The van der Waals surface area contributed by atoms with Crippen LogP contribution in [0.3, 0.4) is 0 Å². The number of unbranched alkanes of at least 4 members (excludes halogenated alkanes) is 2. The second-order valence-corrected chi connectivity index (χ2v) is 5.82. The molecule has 0 aromatic heterocycles. The quantitative estimate of drug-likeness (QED) is 0.530. The molecule has 1 amide bonds. The maximum absolute atomic E-state index is 12.0. The molecule has 112 valence electrons. The Morgan fingerprint density at radius 1 is 1.15 bits per heavy atom. The van der Waals surface area contributed by atoms with Gasteiger partial charge in [-0.05, 0) is 31.1 Å². The Morgan fingerprint density at radius 3 is 2.45 bits per heavy atom. The van der Waals surface area contributed by atoms with Crippen LogP contribution in [0.25, 0.3) is 0 Å². The van der Waals surface area contributed by atoms with Crippen LogP contribution in [0.1, 0.15) is 64.2 Å². The van der Waals surface area contributed by atoms with E-state index < -0.39 is 5.97 Å². The Morgan fingerprint density at radius 2 is 1.85 bits per heavy atom. The predicted octanol–water partition coefficient (Wildman–Crippen LogP) is 2.72. The van der Waals surface area contributed by atoms with Gasteiger partial charge in [0.1, 0.15) is 0 Å². The summed E-state index contributed by atoms with van der Waals surface area (Å²) in [6.45, 7) is 0.629. The van der Waals surface area contributed by atoms with Crippen molar-refractivity contribution < 1.29 is 14.7 Å². The van der Waals surface area contributed by atoms with Crippen molar-refractivity contribution in [1.82, 2.24) is 5.32 Å². The van der Waals surface area contributed by atoms with Gasteiger partial charge in [0.05, 0.1) is 6.42 Å². The molecule has 0 spiro atoms. The van der Waals surface area contributed by atoms with Crippen molar-refractivity contribution in [2.75, 3.05) is 6.54 Å². The lowest BCUT2D eigenvalue weighted by atomic mass is 9.69. The molecule has 0 heterocycles. The summed E-state index contributed by atoms with van der Waals surface area (Å²) in [7, 11) is 0. The minimum atomic E-state index is -0.797. The van der Waals surface area contributed by atoms with Crippen molar-refractivity contribution in [3.05, 3.63) is 0 Å². The zero-order valence-electron chi connectivity index (χ0n) is 12.1. The minimum Gasteiger partial charge on any atom is -0.481 e. The summed E-state index contributed by atoms with van der Waals surface area (Å²) in [5.41, 5.74) is -0.326. The summed E-state index contributed by atoms with van der Waals surface area (Å²) in [6.07, 6.45) is 13.1. The molecular weight excluding hydrogens is 254 g/mol. The van der Waals surface area contributed by atoms with Gasteiger partial charge in [0.15, 0.2) is 0 Å². The topological polar surface area (TPSA) is 66.4 Å². The maximum atomic E-state index is 12.0. The second-order valence-electron chi connectivity index (χ2n) is 5.82. The number of carbonyl (C=O) groups is 2. The first-order valence-corrected chi connectivity index (χ1v) is 7.50. The highest BCUT2D eigenvalue weighted by molar-refractivity contribution is 5.78. The van der Waals surface area contributed by atoms with Crippen LogP contribution < -0.4 is 5.32 Å². The molecule has 0 unspecified atom stereocenters. The fourth-order valence-electron chi connectivity index (χ4n) is 3.02. The van der Waals surface area contributed by atoms with E-state index in [1.54, 1.807) is 0 Å². The van der Waals surface area contributed by atoms with Gasteiger partial charge in [-0.25, -0.2) is 0 Å². The van der Waals surface area contributed by atoms with Crippen molar-refractivity contribution >= 4 is 11.9 Å². The van der Waals surface area contributed by atoms with Gasteiger partial charge in [-0.1, -0.05) is 19.3 Å². The van der Waals surface area contributed by atoms with E-state index in [2.05, 4.69) is 11.2 Å². The Bertz CT molecular complexity index is 364. The summed E-state index contributed by atoms with van der Waals surface area (Å²) < 4.78 is 0. The number of nitrogens with one attached hydrogen (secondary N) is 1. The number of carboxylic acids is 1. The average Bonchev–Trinajstić information content (AvgIpc) is 2.38. The largest absolute Gasteiger partial charge is 0.481 e. The van der Waals surface area contributed by atoms with Crippen LogP contribution in [-0.4, -0.2) is 23.5 Å². The summed E-state index contributed by atoms with van der Waals surface area (Å²) in [4.78, 5) is 23.0. The minimum absolute atomic E-state index is 0.0196. The van der Waals surface area contributed by atoms with E-state index >= 15 is 0 Å². The third kappa shape index (κ3) is 6.10. The van der Waals surface area contributed by atoms with E-state index in [0.717, 1.165) is 51.4 Å². The van der Waals surface area contributed by atoms with Crippen molar-refractivity contribution in [1.29, 1.82) is 0 Å². The van der Waals surface area contributed by atoms with Gasteiger partial charge in [-0.3, -0.25) is 9.59 Å². The monoisotopic (exact) mass is 279 g/mol. The fraction of sp³-hybridized carbons (Fsp3) is 0.750. The molecule has 4 heteroatoms. The molecule has 0 atom stereocenters. The molecule has 4 nitrogen and oxygen atoms in total. The van der Waals surface area contributed by atoms with Crippen LogP contribution in [0.4, 0.5) is 0 Å². The highest BCUT2D eigenvalue weighted by atomic mass is 16.4. The van der Waals surface area contributed by atoms with E-state index in [4.69, 9.17) is 11.5 Å². The molecule has 0 saturated heterocycles. The molecule has 0 radical (unpaired) electrons. The molecule has 1 aliphatic rings. The van der Waals surface area contributed by atoms with E-state index in [0.29, 0.717) is 13.0 Å². The number of carboxylic acid groups (broad SMARTS) is 1. The number of hydrogen-bond acceptors (Lipinski definition) is 2. The van der Waals surface area contributed by atoms with Gasteiger partial charge in [0.2, 0.25) is 5.91 Å². The Kier molecular flexibility index (Phi) is 7.14. The zero-order valence-corrected chi connectivity index (χ0v) is 12.1. The van der Waals surface area contributed by atoms with E-state index in [1.165, 1.54) is 0 Å². The molecule has 1 rings (SSSR count). The molecule has 1 aliphatic carbocycles. The third-order valence-electron chi connectivity index (χ3n) is 4.05. The van der Waals surface area contributed by atoms with Crippen LogP contribution in [-0.2, 0) is 9.59 Å². The van der Waals surface area contributed by atoms with Crippen molar-refractivity contribution in [3.8, 4) is 12.3 Å². The predicted molar refractivity (Wildman–Crippen MR) is 78.1 cm³/mol. The number of hydrogen-bond donors (Lipinski definition) is 2. The zero-order chi connectivity index (χ0) is 14.8. The molecule has 1 fully saturated rings. The summed E-state index contributed by atoms with van der Waals surface area (Å²) in [6, 6.07) is 0. The van der Waals surface area contributed by atoms with Crippen LogP contribution in [0.15, 0.2) is 0 Å². The normalized spacial score (nSPS) is 17.1. The molecule has 20 heavy (non-hydrogen) atoms.